The van der Waals surface area contributed by atoms with Crippen molar-refractivity contribution in [3.8, 4) is 35.2 Å². The summed E-state index contributed by atoms with van der Waals surface area (Å²) in [6.45, 7) is 8.47. The van der Waals surface area contributed by atoms with E-state index in [9.17, 15) is 14.4 Å². The molecule has 0 N–H and O–H groups in total. The van der Waals surface area contributed by atoms with Gasteiger partial charge in [-0.2, -0.15) is 0 Å². The Hall–Kier alpha value is -6.16. The number of carbonyl (C=O) groups is 3. The maximum Gasteiger partial charge on any atom is 0.339 e. The first-order valence-corrected chi connectivity index (χ1v) is 18.4. The summed E-state index contributed by atoms with van der Waals surface area (Å²) in [4.78, 5) is 35.6. The van der Waals surface area contributed by atoms with E-state index in [0.29, 0.717) is 49.7 Å². The summed E-state index contributed by atoms with van der Waals surface area (Å²) in [5.41, 5.74) is 4.82. The molecular formula is C45H42O8S. The number of carbonyl (C=O) groups excluding carboxylic acids is 3. The molecule has 0 saturated heterocycles. The summed E-state index contributed by atoms with van der Waals surface area (Å²) in [6.07, 6.45) is 5.25. The Bertz CT molecular complexity index is 1990. The minimum atomic E-state index is -0.422. The van der Waals surface area contributed by atoms with Gasteiger partial charge in [0, 0.05) is 45.1 Å². The maximum absolute atomic E-state index is 12.7. The Labute approximate surface area is 321 Å². The number of ether oxygens (including phenoxy) is 5. The molecule has 276 valence electrons. The lowest BCUT2D eigenvalue weighted by atomic mass is 10.1. The number of methoxy groups -OCH3 is 1. The van der Waals surface area contributed by atoms with Crippen LogP contribution in [0.4, 0.5) is 0 Å². The highest BCUT2D eigenvalue weighted by Gasteiger charge is 2.13. The van der Waals surface area contributed by atoms with E-state index in [1.807, 2.05) is 84.9 Å². The Kier molecular flexibility index (Phi) is 17.1. The molecule has 54 heavy (non-hydrogen) atoms. The van der Waals surface area contributed by atoms with E-state index in [2.05, 4.69) is 36.8 Å². The largest absolute Gasteiger partial charge is 0.494 e. The van der Waals surface area contributed by atoms with Crippen molar-refractivity contribution >= 4 is 29.7 Å². The second-order valence-corrected chi connectivity index (χ2v) is 12.6. The summed E-state index contributed by atoms with van der Waals surface area (Å²) in [6, 6.07) is 28.7. The minimum absolute atomic E-state index is 0.337. The number of hydrogen-bond donors (Lipinski definition) is 0. The molecule has 0 fully saturated rings. The first kappa shape index (κ1) is 40.6. The first-order chi connectivity index (χ1) is 26.4. The van der Waals surface area contributed by atoms with E-state index >= 15 is 0 Å². The normalized spacial score (nSPS) is 10.0. The lowest BCUT2D eigenvalue weighted by Crippen LogP contribution is -2.04. The van der Waals surface area contributed by atoms with E-state index in [4.69, 9.17) is 23.7 Å². The molecule has 0 aromatic heterocycles. The molecule has 9 heteroatoms. The summed E-state index contributed by atoms with van der Waals surface area (Å²) in [7, 11) is 1.37. The molecule has 4 aromatic rings. The lowest BCUT2D eigenvalue weighted by molar-refractivity contribution is -0.138. The monoisotopic (exact) mass is 742 g/mol. The smallest absolute Gasteiger partial charge is 0.339 e. The molecule has 0 heterocycles. The highest BCUT2D eigenvalue weighted by molar-refractivity contribution is 7.98. The minimum Gasteiger partial charge on any atom is -0.494 e. The van der Waals surface area contributed by atoms with Crippen molar-refractivity contribution in [1.82, 2.24) is 0 Å². The van der Waals surface area contributed by atoms with Crippen molar-refractivity contribution in [2.45, 2.75) is 36.3 Å². The van der Waals surface area contributed by atoms with Crippen molar-refractivity contribution in [3.05, 3.63) is 150 Å². The Morgan fingerprint density at radius 3 is 1.48 bits per heavy atom. The fourth-order valence-corrected chi connectivity index (χ4v) is 5.63. The molecule has 0 radical (unpaired) electrons. The van der Waals surface area contributed by atoms with Gasteiger partial charge in [0.1, 0.15) is 11.5 Å². The first-order valence-electron chi connectivity index (χ1n) is 17.4. The van der Waals surface area contributed by atoms with E-state index in [0.717, 1.165) is 70.1 Å². The van der Waals surface area contributed by atoms with E-state index in [-0.39, 0.29) is 0 Å². The molecule has 0 spiro atoms. The quantitative estimate of drug-likeness (QED) is 0.0249. The topological polar surface area (TPSA) is 97.4 Å². The van der Waals surface area contributed by atoms with Crippen LogP contribution < -0.4 is 9.47 Å². The molecule has 0 aliphatic carbocycles. The van der Waals surface area contributed by atoms with Crippen LogP contribution in [-0.2, 0) is 29.6 Å². The molecule has 0 bridgehead atoms. The fraction of sp³-hybridized carbons (Fsp3) is 0.222. The standard InChI is InChI=1S/C45H42O8S/c1-4-43(46)52-30-8-6-28-50-39-23-18-35(19-24-39)11-10-34-13-16-38(17-14-34)33-54-42-27-22-37(32-41(42)45(48)49-3)15-12-36-20-25-40(26-21-36)51-29-7-9-31-53-44(47)5-2/h4-5,13-14,16-27,32H,1-2,6-9,28-31,33H2,3H3. The van der Waals surface area contributed by atoms with Crippen molar-refractivity contribution < 1.29 is 38.1 Å². The summed E-state index contributed by atoms with van der Waals surface area (Å²) < 4.78 is 26.5. The van der Waals surface area contributed by atoms with Gasteiger partial charge < -0.3 is 23.7 Å². The van der Waals surface area contributed by atoms with Crippen LogP contribution in [0.2, 0.25) is 0 Å². The van der Waals surface area contributed by atoms with E-state index in [1.165, 1.54) is 7.11 Å². The van der Waals surface area contributed by atoms with Crippen LogP contribution in [0.1, 0.15) is 63.9 Å². The van der Waals surface area contributed by atoms with Gasteiger partial charge in [-0.15, -0.1) is 11.8 Å². The average molecular weight is 743 g/mol. The molecule has 0 saturated carbocycles. The van der Waals surface area contributed by atoms with E-state index < -0.39 is 17.9 Å². The van der Waals surface area contributed by atoms with Crippen LogP contribution in [0.5, 0.6) is 11.5 Å². The zero-order chi connectivity index (χ0) is 38.4. The highest BCUT2D eigenvalue weighted by atomic mass is 32.2. The van der Waals surface area contributed by atoms with Crippen molar-refractivity contribution in [2.24, 2.45) is 0 Å². The van der Waals surface area contributed by atoms with Gasteiger partial charge in [0.15, 0.2) is 0 Å². The zero-order valence-electron chi connectivity index (χ0n) is 30.3. The molecule has 4 rings (SSSR count). The highest BCUT2D eigenvalue weighted by Crippen LogP contribution is 2.28. The van der Waals surface area contributed by atoms with Gasteiger partial charge >= 0.3 is 17.9 Å². The van der Waals surface area contributed by atoms with Crippen LogP contribution >= 0.6 is 11.8 Å². The van der Waals surface area contributed by atoms with Gasteiger partial charge in [-0.05, 0) is 110 Å². The summed E-state index contributed by atoms with van der Waals surface area (Å²) in [5, 5.41) is 0. The maximum atomic E-state index is 12.7. The van der Waals surface area contributed by atoms with Gasteiger partial charge in [0.2, 0.25) is 0 Å². The Morgan fingerprint density at radius 2 is 1.02 bits per heavy atom. The van der Waals surface area contributed by atoms with Crippen LogP contribution in [-0.4, -0.2) is 51.4 Å². The molecular weight excluding hydrogens is 701 g/mol. The van der Waals surface area contributed by atoms with Crippen LogP contribution in [0.25, 0.3) is 0 Å². The summed E-state index contributed by atoms with van der Waals surface area (Å²) in [5.74, 6) is 13.6. The Morgan fingerprint density at radius 1 is 0.593 bits per heavy atom. The number of thioether (sulfide) groups is 1. The van der Waals surface area contributed by atoms with Crippen molar-refractivity contribution in [2.75, 3.05) is 33.5 Å². The zero-order valence-corrected chi connectivity index (χ0v) is 31.1. The second kappa shape index (κ2) is 22.7. The van der Waals surface area contributed by atoms with Gasteiger partial charge in [-0.25, -0.2) is 14.4 Å². The number of rotatable bonds is 18. The predicted molar refractivity (Wildman–Crippen MR) is 210 cm³/mol. The molecule has 4 aromatic carbocycles. The average Bonchev–Trinajstić information content (AvgIpc) is 3.21. The van der Waals surface area contributed by atoms with Crippen LogP contribution in [0.15, 0.2) is 121 Å². The third-order valence-corrected chi connectivity index (χ3v) is 8.73. The van der Waals surface area contributed by atoms with Crippen molar-refractivity contribution in [3.63, 3.8) is 0 Å². The number of benzene rings is 4. The molecule has 0 aliphatic heterocycles. The molecule has 8 nitrogen and oxygen atoms in total. The number of unbranched alkanes of at least 4 members (excludes halogenated alkanes) is 2. The molecule has 0 amide bonds. The number of esters is 3. The van der Waals surface area contributed by atoms with Gasteiger partial charge in [-0.1, -0.05) is 49.0 Å². The van der Waals surface area contributed by atoms with Crippen LogP contribution in [0, 0.1) is 23.7 Å². The third-order valence-electron chi connectivity index (χ3n) is 7.58. The van der Waals surface area contributed by atoms with E-state index in [1.54, 1.807) is 17.8 Å². The fourth-order valence-electron chi connectivity index (χ4n) is 4.66. The second-order valence-electron chi connectivity index (χ2n) is 11.6. The van der Waals surface area contributed by atoms with Gasteiger partial charge in [0.05, 0.1) is 39.1 Å². The Balaban J connectivity index is 1.25. The predicted octanol–water partition coefficient (Wildman–Crippen LogP) is 8.34. The molecule has 0 atom stereocenters. The molecule has 0 unspecified atom stereocenters. The van der Waals surface area contributed by atoms with Crippen LogP contribution in [0.3, 0.4) is 0 Å². The summed E-state index contributed by atoms with van der Waals surface area (Å²) >= 11 is 1.55. The SMILES string of the molecule is C=CC(=O)OCCCCOc1ccc(C#Cc2ccc(CSc3ccc(C#Cc4ccc(OCCCCOC(=O)C=C)cc4)cc3C(=O)OC)cc2)cc1. The molecule has 0 aliphatic rings. The number of hydrogen-bond acceptors (Lipinski definition) is 9. The lowest BCUT2D eigenvalue weighted by Gasteiger charge is -2.09. The van der Waals surface area contributed by atoms with Gasteiger partial charge in [-0.3, -0.25) is 0 Å². The third kappa shape index (κ3) is 14.5. The van der Waals surface area contributed by atoms with Gasteiger partial charge in [0.25, 0.3) is 0 Å². The van der Waals surface area contributed by atoms with Crippen molar-refractivity contribution in [1.29, 1.82) is 0 Å².